The van der Waals surface area contributed by atoms with Gasteiger partial charge in [0.2, 0.25) is 10.0 Å². The van der Waals surface area contributed by atoms with Crippen molar-refractivity contribution in [2.45, 2.75) is 87.4 Å². The minimum Gasteiger partial charge on any atom is -0.408 e. The number of nitrogens with zero attached hydrogens (tertiary/aromatic N) is 1. The van der Waals surface area contributed by atoms with E-state index in [0.717, 1.165) is 44.1 Å². The van der Waals surface area contributed by atoms with Crippen LogP contribution in [-0.2, 0) is 19.2 Å². The van der Waals surface area contributed by atoms with Crippen molar-refractivity contribution in [3.05, 3.63) is 29.8 Å². The molecule has 150 valence electrons. The number of fused-ring (bicyclic) bond motifs is 1. The number of hydrogen-bond acceptors (Lipinski definition) is 4. The minimum absolute atomic E-state index is 0.0408. The molecule has 2 heterocycles. The lowest BCUT2D eigenvalue weighted by Crippen LogP contribution is -2.63. The van der Waals surface area contributed by atoms with E-state index in [-0.39, 0.29) is 6.10 Å². The Labute approximate surface area is 164 Å². The smallest absolute Gasteiger partial charge is 0.245 e. The van der Waals surface area contributed by atoms with Gasteiger partial charge in [-0.1, -0.05) is 30.5 Å². The van der Waals surface area contributed by atoms with Crippen LogP contribution in [0.4, 0.5) is 0 Å². The van der Waals surface area contributed by atoms with Gasteiger partial charge in [0, 0.05) is 6.54 Å². The Morgan fingerprint density at radius 3 is 2.33 bits per heavy atom. The highest BCUT2D eigenvalue weighted by Crippen LogP contribution is 2.61. The summed E-state index contributed by atoms with van der Waals surface area (Å²) in [4.78, 5) is 0.352. The van der Waals surface area contributed by atoms with E-state index in [1.54, 1.807) is 16.4 Å². The average molecular weight is 410 g/mol. The minimum atomic E-state index is -3.63. The standard InChI is InChI=1S/C20H31NO4SSi/c1-16-9-11-17(12-10-16)26(22,23)21-15-7-8-18-20(21,24-18)19(13-5-6-14-19)25-27(2,3)4/h9-12,18H,5-8,13-15H2,1-4H3/t18-,20+/m1/s1. The van der Waals surface area contributed by atoms with Gasteiger partial charge >= 0.3 is 0 Å². The van der Waals surface area contributed by atoms with Gasteiger partial charge in [0.05, 0.1) is 4.90 Å². The Hall–Kier alpha value is -0.733. The van der Waals surface area contributed by atoms with Crippen LogP contribution in [0.2, 0.25) is 19.6 Å². The summed E-state index contributed by atoms with van der Waals surface area (Å²) in [6.45, 7) is 9.02. The van der Waals surface area contributed by atoms with E-state index in [1.165, 1.54) is 0 Å². The Morgan fingerprint density at radius 1 is 1.11 bits per heavy atom. The predicted molar refractivity (Wildman–Crippen MR) is 108 cm³/mol. The average Bonchev–Trinajstić information content (AvgIpc) is 3.18. The maximum Gasteiger partial charge on any atom is 0.245 e. The molecule has 0 bridgehead atoms. The van der Waals surface area contributed by atoms with E-state index in [9.17, 15) is 8.42 Å². The van der Waals surface area contributed by atoms with Gasteiger partial charge in [0.1, 0.15) is 11.7 Å². The summed E-state index contributed by atoms with van der Waals surface area (Å²) in [6.07, 6.45) is 5.61. The van der Waals surface area contributed by atoms with Crippen LogP contribution in [0.3, 0.4) is 0 Å². The Bertz CT molecular complexity index is 811. The first-order chi connectivity index (χ1) is 12.6. The van der Waals surface area contributed by atoms with Gasteiger partial charge in [-0.25, -0.2) is 8.42 Å². The van der Waals surface area contributed by atoms with Crippen molar-refractivity contribution >= 4 is 18.3 Å². The molecule has 2 atom stereocenters. The zero-order valence-electron chi connectivity index (χ0n) is 16.8. The van der Waals surface area contributed by atoms with E-state index < -0.39 is 29.7 Å². The van der Waals surface area contributed by atoms with Crippen LogP contribution in [0.25, 0.3) is 0 Å². The Balaban J connectivity index is 1.77. The number of rotatable bonds is 5. The largest absolute Gasteiger partial charge is 0.408 e. The summed E-state index contributed by atoms with van der Waals surface area (Å²) >= 11 is 0. The first kappa shape index (κ1) is 19.6. The molecular weight excluding hydrogens is 378 g/mol. The molecule has 1 aromatic carbocycles. The number of ether oxygens (including phenoxy) is 1. The van der Waals surface area contributed by atoms with Crippen molar-refractivity contribution in [1.29, 1.82) is 0 Å². The molecule has 2 aliphatic heterocycles. The first-order valence-electron chi connectivity index (χ1n) is 10.1. The fourth-order valence-corrected chi connectivity index (χ4v) is 8.38. The van der Waals surface area contributed by atoms with Gasteiger partial charge in [0.25, 0.3) is 0 Å². The fraction of sp³-hybridized carbons (Fsp3) is 0.700. The molecule has 1 aliphatic carbocycles. The summed E-state index contributed by atoms with van der Waals surface area (Å²) in [5.74, 6) is 0. The van der Waals surface area contributed by atoms with Crippen molar-refractivity contribution in [3.8, 4) is 0 Å². The number of hydrogen-bond donors (Lipinski definition) is 0. The molecule has 0 spiro atoms. The lowest BCUT2D eigenvalue weighted by Gasteiger charge is -2.46. The molecule has 0 aromatic heterocycles. The lowest BCUT2D eigenvalue weighted by atomic mass is 9.86. The molecule has 3 fully saturated rings. The monoisotopic (exact) mass is 409 g/mol. The van der Waals surface area contributed by atoms with Gasteiger partial charge in [-0.15, -0.1) is 0 Å². The first-order valence-corrected chi connectivity index (χ1v) is 14.9. The molecule has 2 saturated heterocycles. The zero-order valence-corrected chi connectivity index (χ0v) is 18.6. The summed E-state index contributed by atoms with van der Waals surface area (Å²) < 4.78 is 41.9. The van der Waals surface area contributed by atoms with Crippen LogP contribution < -0.4 is 0 Å². The maximum absolute atomic E-state index is 13.6. The molecule has 0 N–H and O–H groups in total. The van der Waals surface area contributed by atoms with E-state index in [0.29, 0.717) is 11.4 Å². The molecule has 3 aliphatic rings. The number of epoxide rings is 1. The van der Waals surface area contributed by atoms with Gasteiger partial charge in [-0.2, -0.15) is 4.31 Å². The summed E-state index contributed by atoms with van der Waals surface area (Å²) in [6, 6.07) is 7.15. The zero-order chi connectivity index (χ0) is 19.5. The molecule has 5 nitrogen and oxygen atoms in total. The van der Waals surface area contributed by atoms with Crippen molar-refractivity contribution in [2.24, 2.45) is 0 Å². The molecule has 1 saturated carbocycles. The fourth-order valence-electron chi connectivity index (χ4n) is 5.07. The van der Waals surface area contributed by atoms with Crippen molar-refractivity contribution < 1.29 is 17.6 Å². The summed E-state index contributed by atoms with van der Waals surface area (Å²) in [5.41, 5.74) is -0.260. The highest BCUT2D eigenvalue weighted by atomic mass is 32.2. The molecule has 1 aromatic rings. The summed E-state index contributed by atoms with van der Waals surface area (Å²) in [5, 5.41) is 0. The predicted octanol–water partition coefficient (Wildman–Crippen LogP) is 4.04. The molecule has 0 unspecified atom stereocenters. The van der Waals surface area contributed by atoms with Gasteiger partial charge < -0.3 is 9.16 Å². The quantitative estimate of drug-likeness (QED) is 0.544. The van der Waals surface area contributed by atoms with Crippen LogP contribution >= 0.6 is 0 Å². The van der Waals surface area contributed by atoms with E-state index in [1.807, 2.05) is 19.1 Å². The Kier molecular flexibility index (Phi) is 4.63. The van der Waals surface area contributed by atoms with Crippen LogP contribution in [-0.4, -0.2) is 45.0 Å². The summed E-state index contributed by atoms with van der Waals surface area (Å²) in [7, 11) is -5.51. The Morgan fingerprint density at radius 2 is 1.74 bits per heavy atom. The van der Waals surface area contributed by atoms with E-state index in [4.69, 9.17) is 9.16 Å². The highest BCUT2D eigenvalue weighted by molar-refractivity contribution is 7.89. The molecule has 0 radical (unpaired) electrons. The number of sulfonamides is 1. The number of piperidine rings is 1. The van der Waals surface area contributed by atoms with Crippen molar-refractivity contribution in [3.63, 3.8) is 0 Å². The highest BCUT2D eigenvalue weighted by Gasteiger charge is 2.76. The molecule has 0 amide bonds. The van der Waals surface area contributed by atoms with Crippen molar-refractivity contribution in [2.75, 3.05) is 6.54 Å². The second kappa shape index (κ2) is 6.39. The molecule has 7 heteroatoms. The third kappa shape index (κ3) is 3.11. The van der Waals surface area contributed by atoms with Crippen LogP contribution in [0.5, 0.6) is 0 Å². The molecular formula is C20H31NO4SSi. The second-order valence-electron chi connectivity index (χ2n) is 9.25. The topological polar surface area (TPSA) is 59.1 Å². The van der Waals surface area contributed by atoms with Crippen LogP contribution in [0.1, 0.15) is 44.1 Å². The molecule has 4 rings (SSSR count). The van der Waals surface area contributed by atoms with Gasteiger partial charge in [0.15, 0.2) is 14.0 Å². The third-order valence-electron chi connectivity index (χ3n) is 6.07. The van der Waals surface area contributed by atoms with Crippen LogP contribution in [0, 0.1) is 6.92 Å². The van der Waals surface area contributed by atoms with Gasteiger partial charge in [-0.3, -0.25) is 0 Å². The number of benzene rings is 1. The SMILES string of the molecule is Cc1ccc(S(=O)(=O)N2CCC[C@H]3O[C@]32C2(O[Si](C)(C)C)CCCC2)cc1. The molecule has 27 heavy (non-hydrogen) atoms. The second-order valence-corrected chi connectivity index (χ2v) is 15.5. The van der Waals surface area contributed by atoms with Crippen LogP contribution in [0.15, 0.2) is 29.2 Å². The van der Waals surface area contributed by atoms with Crippen molar-refractivity contribution in [1.82, 2.24) is 4.31 Å². The van der Waals surface area contributed by atoms with E-state index in [2.05, 4.69) is 19.6 Å². The number of aryl methyl sites for hydroxylation is 1. The maximum atomic E-state index is 13.6. The van der Waals surface area contributed by atoms with E-state index >= 15 is 0 Å². The normalized spacial score (nSPS) is 30.9. The third-order valence-corrected chi connectivity index (χ3v) is 8.98. The lowest BCUT2D eigenvalue weighted by molar-refractivity contribution is -0.0690. The van der Waals surface area contributed by atoms with Gasteiger partial charge in [-0.05, 0) is 64.4 Å².